The highest BCUT2D eigenvalue weighted by atomic mass is 16.5. The maximum atomic E-state index is 12.1. The molecule has 3 N–H and O–H groups in total. The second-order valence-electron chi connectivity index (χ2n) is 4.41. The minimum Gasteiger partial charge on any atom is -0.492 e. The van der Waals surface area contributed by atoms with Gasteiger partial charge in [-0.25, -0.2) is 0 Å². The van der Waals surface area contributed by atoms with Gasteiger partial charge in [0.1, 0.15) is 18.1 Å². The van der Waals surface area contributed by atoms with Crippen LogP contribution < -0.4 is 15.8 Å². The molecule has 1 heterocycles. The van der Waals surface area contributed by atoms with Crippen molar-refractivity contribution in [2.24, 2.45) is 12.8 Å². The van der Waals surface area contributed by atoms with E-state index in [-0.39, 0.29) is 5.91 Å². The first-order chi connectivity index (χ1) is 9.60. The summed E-state index contributed by atoms with van der Waals surface area (Å²) in [5.74, 6) is 0.471. The van der Waals surface area contributed by atoms with Gasteiger partial charge >= 0.3 is 0 Å². The third-order valence-corrected chi connectivity index (χ3v) is 2.71. The summed E-state index contributed by atoms with van der Waals surface area (Å²) >= 11 is 0. The number of ether oxygens (including phenoxy) is 1. The van der Waals surface area contributed by atoms with Crippen LogP contribution in [0.15, 0.2) is 30.3 Å². The average molecular weight is 274 g/mol. The van der Waals surface area contributed by atoms with Crippen molar-refractivity contribution in [2.75, 3.05) is 18.5 Å². The maximum absolute atomic E-state index is 12.1. The Hall–Kier alpha value is -2.34. The van der Waals surface area contributed by atoms with Crippen molar-refractivity contribution in [1.29, 1.82) is 0 Å². The van der Waals surface area contributed by atoms with Crippen molar-refractivity contribution in [3.8, 4) is 5.75 Å². The predicted molar refractivity (Wildman–Crippen MR) is 76.9 cm³/mol. The lowest BCUT2D eigenvalue weighted by Gasteiger charge is -2.08. The van der Waals surface area contributed by atoms with E-state index in [1.165, 1.54) is 0 Å². The molecule has 0 saturated heterocycles. The first kappa shape index (κ1) is 14.1. The van der Waals surface area contributed by atoms with Gasteiger partial charge in [-0.05, 0) is 25.1 Å². The molecule has 1 amide bonds. The lowest BCUT2D eigenvalue weighted by atomic mass is 10.3. The van der Waals surface area contributed by atoms with E-state index in [2.05, 4.69) is 10.4 Å². The van der Waals surface area contributed by atoms with Gasteiger partial charge in [0.2, 0.25) is 0 Å². The van der Waals surface area contributed by atoms with Crippen LogP contribution in [0.5, 0.6) is 5.75 Å². The van der Waals surface area contributed by atoms with Crippen LogP contribution >= 0.6 is 0 Å². The number of hydrogen-bond donors (Lipinski definition) is 2. The number of nitrogens with zero attached hydrogens (tertiary/aromatic N) is 2. The summed E-state index contributed by atoms with van der Waals surface area (Å²) in [6.07, 6.45) is 0. The Morgan fingerprint density at radius 3 is 2.90 bits per heavy atom. The zero-order chi connectivity index (χ0) is 14.5. The number of anilines is 1. The Labute approximate surface area is 117 Å². The second-order valence-corrected chi connectivity index (χ2v) is 4.41. The van der Waals surface area contributed by atoms with Gasteiger partial charge in [-0.15, -0.1) is 0 Å². The maximum Gasteiger partial charge on any atom is 0.273 e. The Morgan fingerprint density at radius 1 is 1.45 bits per heavy atom. The zero-order valence-corrected chi connectivity index (χ0v) is 11.6. The Morgan fingerprint density at radius 2 is 2.25 bits per heavy atom. The molecule has 0 radical (unpaired) electrons. The first-order valence-electron chi connectivity index (χ1n) is 6.35. The smallest absolute Gasteiger partial charge is 0.273 e. The predicted octanol–water partition coefficient (Wildman–Crippen LogP) is 1.32. The number of nitrogens with two attached hydrogens (primary N) is 1. The number of aryl methyl sites for hydroxylation is 2. The molecule has 2 rings (SSSR count). The lowest BCUT2D eigenvalue weighted by molar-refractivity contribution is 0.101. The highest BCUT2D eigenvalue weighted by molar-refractivity contribution is 6.03. The van der Waals surface area contributed by atoms with E-state index < -0.39 is 0 Å². The van der Waals surface area contributed by atoms with Crippen molar-refractivity contribution in [3.05, 3.63) is 41.7 Å². The van der Waals surface area contributed by atoms with Crippen LogP contribution in [0.2, 0.25) is 0 Å². The average Bonchev–Trinajstić information content (AvgIpc) is 2.76. The minimum absolute atomic E-state index is 0.205. The molecule has 1 aromatic carbocycles. The fraction of sp³-hybridized carbons (Fsp3) is 0.286. The van der Waals surface area contributed by atoms with Crippen molar-refractivity contribution >= 4 is 11.6 Å². The van der Waals surface area contributed by atoms with Crippen molar-refractivity contribution in [2.45, 2.75) is 6.92 Å². The number of carbonyl (C=O) groups excluding carboxylic acids is 1. The third kappa shape index (κ3) is 3.36. The van der Waals surface area contributed by atoms with E-state index >= 15 is 0 Å². The van der Waals surface area contributed by atoms with Gasteiger partial charge in [-0.1, -0.05) is 6.07 Å². The second kappa shape index (κ2) is 6.21. The van der Waals surface area contributed by atoms with Gasteiger partial charge in [0.15, 0.2) is 0 Å². The number of hydrogen-bond acceptors (Lipinski definition) is 4. The summed E-state index contributed by atoms with van der Waals surface area (Å²) in [4.78, 5) is 12.1. The fourth-order valence-electron chi connectivity index (χ4n) is 1.86. The molecular weight excluding hydrogens is 256 g/mol. The molecule has 6 nitrogen and oxygen atoms in total. The van der Waals surface area contributed by atoms with Crippen molar-refractivity contribution in [3.63, 3.8) is 0 Å². The monoisotopic (exact) mass is 274 g/mol. The molecule has 2 aromatic rings. The van der Waals surface area contributed by atoms with E-state index in [1.54, 1.807) is 29.9 Å². The van der Waals surface area contributed by atoms with E-state index in [0.717, 1.165) is 5.69 Å². The molecule has 0 spiro atoms. The zero-order valence-electron chi connectivity index (χ0n) is 11.6. The summed E-state index contributed by atoms with van der Waals surface area (Å²) in [5.41, 5.74) is 7.37. The Bertz CT molecular complexity index is 607. The molecule has 0 aliphatic heterocycles. The molecule has 0 atom stereocenters. The van der Waals surface area contributed by atoms with Gasteiger partial charge in [0, 0.05) is 25.3 Å². The van der Waals surface area contributed by atoms with E-state index in [9.17, 15) is 4.79 Å². The largest absolute Gasteiger partial charge is 0.492 e. The minimum atomic E-state index is -0.205. The van der Waals surface area contributed by atoms with Crippen LogP contribution in [0.3, 0.4) is 0 Å². The normalized spacial score (nSPS) is 10.3. The van der Waals surface area contributed by atoms with E-state index in [1.807, 2.05) is 19.1 Å². The number of amides is 1. The molecule has 6 heteroatoms. The summed E-state index contributed by atoms with van der Waals surface area (Å²) in [5, 5.41) is 6.97. The van der Waals surface area contributed by atoms with E-state index in [0.29, 0.717) is 30.3 Å². The highest BCUT2D eigenvalue weighted by Gasteiger charge is 2.12. The van der Waals surface area contributed by atoms with Gasteiger partial charge in [-0.3, -0.25) is 9.48 Å². The molecule has 0 bridgehead atoms. The van der Waals surface area contributed by atoms with Gasteiger partial charge < -0.3 is 15.8 Å². The standard InChI is InChI=1S/C14H18N4O2/c1-10-8-13(18(2)17-10)14(19)16-11-4-3-5-12(9-11)20-7-6-15/h3-5,8-9H,6-7,15H2,1-2H3,(H,16,19). The summed E-state index contributed by atoms with van der Waals surface area (Å²) in [6.45, 7) is 2.74. The van der Waals surface area contributed by atoms with Crippen molar-refractivity contribution in [1.82, 2.24) is 9.78 Å². The number of rotatable bonds is 5. The van der Waals surface area contributed by atoms with Crippen molar-refractivity contribution < 1.29 is 9.53 Å². The molecule has 0 aliphatic carbocycles. The number of benzene rings is 1. The number of nitrogens with one attached hydrogen (secondary N) is 1. The van der Waals surface area contributed by atoms with Crippen LogP contribution in [0.4, 0.5) is 5.69 Å². The molecule has 0 aliphatic rings. The Kier molecular flexibility index (Phi) is 4.37. The van der Waals surface area contributed by atoms with Crippen LogP contribution in [0.1, 0.15) is 16.2 Å². The molecule has 0 saturated carbocycles. The molecule has 106 valence electrons. The fourth-order valence-corrected chi connectivity index (χ4v) is 1.86. The quantitative estimate of drug-likeness (QED) is 0.861. The highest BCUT2D eigenvalue weighted by Crippen LogP contribution is 2.18. The molecule has 20 heavy (non-hydrogen) atoms. The van der Waals surface area contributed by atoms with E-state index in [4.69, 9.17) is 10.5 Å². The molecule has 1 aromatic heterocycles. The number of aromatic nitrogens is 2. The van der Waals surface area contributed by atoms with Gasteiger partial charge in [0.05, 0.1) is 5.69 Å². The SMILES string of the molecule is Cc1cc(C(=O)Nc2cccc(OCCN)c2)n(C)n1. The summed E-state index contributed by atoms with van der Waals surface area (Å²) < 4.78 is 6.97. The Balaban J connectivity index is 2.09. The van der Waals surface area contributed by atoms with Crippen LogP contribution in [-0.2, 0) is 7.05 Å². The molecule has 0 unspecified atom stereocenters. The van der Waals surface area contributed by atoms with Gasteiger partial charge in [0.25, 0.3) is 5.91 Å². The van der Waals surface area contributed by atoms with Crippen LogP contribution in [0, 0.1) is 6.92 Å². The van der Waals surface area contributed by atoms with Crippen LogP contribution in [0.25, 0.3) is 0 Å². The summed E-state index contributed by atoms with van der Waals surface area (Å²) in [6, 6.07) is 8.94. The topological polar surface area (TPSA) is 82.2 Å². The molecular formula is C14H18N4O2. The lowest BCUT2D eigenvalue weighted by Crippen LogP contribution is -2.16. The number of carbonyl (C=O) groups is 1. The third-order valence-electron chi connectivity index (χ3n) is 2.71. The summed E-state index contributed by atoms with van der Waals surface area (Å²) in [7, 11) is 1.74. The van der Waals surface area contributed by atoms with Gasteiger partial charge in [-0.2, -0.15) is 5.10 Å². The molecule has 0 fully saturated rings. The van der Waals surface area contributed by atoms with Crippen LogP contribution in [-0.4, -0.2) is 28.8 Å². The first-order valence-corrected chi connectivity index (χ1v) is 6.35.